The van der Waals surface area contributed by atoms with E-state index < -0.39 is 0 Å². The number of ether oxygens (including phenoxy) is 1. The van der Waals surface area contributed by atoms with E-state index in [1.54, 1.807) is 23.5 Å². The molecule has 5 heteroatoms. The summed E-state index contributed by atoms with van der Waals surface area (Å²) in [6.45, 7) is 2.24. The van der Waals surface area contributed by atoms with Crippen LogP contribution in [0.15, 0.2) is 64.4 Å². The van der Waals surface area contributed by atoms with Crippen molar-refractivity contribution in [2.45, 2.75) is 19.6 Å². The second kappa shape index (κ2) is 7.15. The van der Waals surface area contributed by atoms with Gasteiger partial charge in [0.25, 0.3) is 5.91 Å². The van der Waals surface area contributed by atoms with Crippen molar-refractivity contribution in [3.05, 3.63) is 76.4 Å². The van der Waals surface area contributed by atoms with Gasteiger partial charge >= 0.3 is 0 Å². The molecule has 0 aliphatic heterocycles. The molecule has 3 aromatic rings. The van der Waals surface area contributed by atoms with Crippen LogP contribution in [0.1, 0.15) is 34.2 Å². The van der Waals surface area contributed by atoms with Crippen molar-refractivity contribution in [2.75, 3.05) is 0 Å². The van der Waals surface area contributed by atoms with Crippen LogP contribution in [-0.2, 0) is 6.61 Å². The average molecular weight is 327 g/mol. The van der Waals surface area contributed by atoms with Gasteiger partial charge in [0, 0.05) is 4.88 Å². The SMILES string of the molecule is C[C@@H](NC(=O)c1ccc(COc2ccccc2)o1)c1cccs1. The van der Waals surface area contributed by atoms with Gasteiger partial charge in [0.1, 0.15) is 18.1 Å². The van der Waals surface area contributed by atoms with Gasteiger partial charge in [-0.05, 0) is 42.6 Å². The van der Waals surface area contributed by atoms with Gasteiger partial charge in [0.05, 0.1) is 6.04 Å². The number of nitrogens with one attached hydrogen (secondary N) is 1. The first kappa shape index (κ1) is 15.4. The molecule has 1 aromatic carbocycles. The summed E-state index contributed by atoms with van der Waals surface area (Å²) in [7, 11) is 0. The smallest absolute Gasteiger partial charge is 0.287 e. The van der Waals surface area contributed by atoms with Crippen LogP contribution in [0.2, 0.25) is 0 Å². The lowest BCUT2D eigenvalue weighted by atomic mass is 10.2. The van der Waals surface area contributed by atoms with E-state index in [1.165, 1.54) is 0 Å². The minimum absolute atomic E-state index is 0.0448. The Kier molecular flexibility index (Phi) is 4.78. The highest BCUT2D eigenvalue weighted by molar-refractivity contribution is 7.10. The summed E-state index contributed by atoms with van der Waals surface area (Å²) in [5.74, 6) is 1.45. The van der Waals surface area contributed by atoms with E-state index in [-0.39, 0.29) is 18.6 Å². The summed E-state index contributed by atoms with van der Waals surface area (Å²) in [4.78, 5) is 13.3. The van der Waals surface area contributed by atoms with E-state index in [9.17, 15) is 4.79 Å². The number of furan rings is 1. The predicted octanol–water partition coefficient (Wildman–Crippen LogP) is 4.41. The number of hydrogen-bond acceptors (Lipinski definition) is 4. The van der Waals surface area contributed by atoms with E-state index >= 15 is 0 Å². The summed E-state index contributed by atoms with van der Waals surface area (Å²) in [5.41, 5.74) is 0. The molecule has 0 radical (unpaired) electrons. The number of amides is 1. The van der Waals surface area contributed by atoms with Gasteiger partial charge in [0.2, 0.25) is 0 Å². The zero-order valence-electron chi connectivity index (χ0n) is 12.7. The van der Waals surface area contributed by atoms with Gasteiger partial charge in [-0.15, -0.1) is 11.3 Å². The Morgan fingerprint density at radius 3 is 2.74 bits per heavy atom. The van der Waals surface area contributed by atoms with Crippen molar-refractivity contribution in [3.8, 4) is 5.75 Å². The molecule has 1 atom stereocenters. The summed E-state index contributed by atoms with van der Waals surface area (Å²) in [6.07, 6.45) is 0. The number of rotatable bonds is 6. The Bertz CT molecular complexity index is 750. The lowest BCUT2D eigenvalue weighted by molar-refractivity contribution is 0.0908. The van der Waals surface area contributed by atoms with Crippen LogP contribution < -0.4 is 10.1 Å². The van der Waals surface area contributed by atoms with Crippen molar-refractivity contribution in [3.63, 3.8) is 0 Å². The lowest BCUT2D eigenvalue weighted by Crippen LogP contribution is -2.25. The van der Waals surface area contributed by atoms with E-state index in [4.69, 9.17) is 9.15 Å². The summed E-state index contributed by atoms with van der Waals surface area (Å²) >= 11 is 1.61. The maximum absolute atomic E-state index is 12.2. The molecule has 118 valence electrons. The van der Waals surface area contributed by atoms with Crippen molar-refractivity contribution in [1.29, 1.82) is 0 Å². The minimum atomic E-state index is -0.225. The maximum atomic E-state index is 12.2. The quantitative estimate of drug-likeness (QED) is 0.729. The minimum Gasteiger partial charge on any atom is -0.486 e. The Balaban J connectivity index is 1.57. The average Bonchev–Trinajstić information content (AvgIpc) is 3.25. The highest BCUT2D eigenvalue weighted by Gasteiger charge is 2.15. The molecule has 0 saturated carbocycles. The van der Waals surface area contributed by atoms with Crippen LogP contribution in [0.5, 0.6) is 5.75 Å². The topological polar surface area (TPSA) is 51.5 Å². The van der Waals surface area contributed by atoms with Gasteiger partial charge in [-0.3, -0.25) is 4.79 Å². The maximum Gasteiger partial charge on any atom is 0.287 e. The number of carbonyl (C=O) groups is 1. The Morgan fingerprint density at radius 2 is 2.00 bits per heavy atom. The summed E-state index contributed by atoms with van der Waals surface area (Å²) in [5, 5.41) is 4.91. The molecule has 23 heavy (non-hydrogen) atoms. The number of carbonyl (C=O) groups excluding carboxylic acids is 1. The number of para-hydroxylation sites is 1. The van der Waals surface area contributed by atoms with Gasteiger partial charge in [0.15, 0.2) is 5.76 Å². The standard InChI is InChI=1S/C18H17NO3S/c1-13(17-8-5-11-23-17)19-18(20)16-10-9-15(22-16)12-21-14-6-3-2-4-7-14/h2-11,13H,12H2,1H3,(H,19,20)/t13-/m1/s1. The Labute approximate surface area is 138 Å². The van der Waals surface area contributed by atoms with E-state index in [2.05, 4.69) is 5.32 Å². The van der Waals surface area contributed by atoms with Gasteiger partial charge in [-0.2, -0.15) is 0 Å². The number of hydrogen-bond donors (Lipinski definition) is 1. The molecule has 2 aromatic heterocycles. The molecular weight excluding hydrogens is 310 g/mol. The zero-order valence-corrected chi connectivity index (χ0v) is 13.5. The van der Waals surface area contributed by atoms with Gasteiger partial charge in [-0.25, -0.2) is 0 Å². The van der Waals surface area contributed by atoms with Crippen LogP contribution >= 0.6 is 11.3 Å². The molecule has 0 bridgehead atoms. The molecule has 0 aliphatic rings. The molecule has 2 heterocycles. The van der Waals surface area contributed by atoms with Crippen LogP contribution in [0.3, 0.4) is 0 Å². The second-order valence-electron chi connectivity index (χ2n) is 5.08. The first-order chi connectivity index (χ1) is 11.2. The molecule has 0 fully saturated rings. The molecule has 1 amide bonds. The van der Waals surface area contributed by atoms with E-state index in [0.717, 1.165) is 10.6 Å². The van der Waals surface area contributed by atoms with Crippen molar-refractivity contribution >= 4 is 17.2 Å². The monoisotopic (exact) mass is 327 g/mol. The molecule has 3 rings (SSSR count). The highest BCUT2D eigenvalue weighted by atomic mass is 32.1. The van der Waals surface area contributed by atoms with Crippen molar-refractivity contribution < 1.29 is 13.9 Å². The predicted molar refractivity (Wildman–Crippen MR) is 89.7 cm³/mol. The fraction of sp³-hybridized carbons (Fsp3) is 0.167. The molecule has 0 unspecified atom stereocenters. The largest absolute Gasteiger partial charge is 0.486 e. The number of benzene rings is 1. The van der Waals surface area contributed by atoms with E-state index in [1.807, 2.05) is 54.8 Å². The van der Waals surface area contributed by atoms with Crippen molar-refractivity contribution in [2.24, 2.45) is 0 Å². The third-order valence-electron chi connectivity index (χ3n) is 3.33. The lowest BCUT2D eigenvalue weighted by Gasteiger charge is -2.10. The molecular formula is C18H17NO3S. The fourth-order valence-corrected chi connectivity index (χ4v) is 2.86. The first-order valence-electron chi connectivity index (χ1n) is 7.33. The molecule has 0 spiro atoms. The van der Waals surface area contributed by atoms with E-state index in [0.29, 0.717) is 11.5 Å². The van der Waals surface area contributed by atoms with Crippen LogP contribution in [0.4, 0.5) is 0 Å². The summed E-state index contributed by atoms with van der Waals surface area (Å²) < 4.78 is 11.2. The molecule has 1 N–H and O–H groups in total. The Hall–Kier alpha value is -2.53. The zero-order chi connectivity index (χ0) is 16.1. The third-order valence-corrected chi connectivity index (χ3v) is 4.38. The second-order valence-corrected chi connectivity index (χ2v) is 6.06. The highest BCUT2D eigenvalue weighted by Crippen LogP contribution is 2.19. The molecule has 0 saturated heterocycles. The van der Waals surface area contributed by atoms with Crippen LogP contribution in [0, 0.1) is 0 Å². The number of thiophene rings is 1. The van der Waals surface area contributed by atoms with Crippen LogP contribution in [-0.4, -0.2) is 5.91 Å². The van der Waals surface area contributed by atoms with Gasteiger partial charge < -0.3 is 14.5 Å². The third kappa shape index (κ3) is 4.02. The normalized spacial score (nSPS) is 11.9. The fourth-order valence-electron chi connectivity index (χ4n) is 2.13. The van der Waals surface area contributed by atoms with Crippen LogP contribution in [0.25, 0.3) is 0 Å². The molecule has 0 aliphatic carbocycles. The Morgan fingerprint density at radius 1 is 1.17 bits per heavy atom. The summed E-state index contributed by atoms with van der Waals surface area (Å²) in [6, 6.07) is 16.8. The first-order valence-corrected chi connectivity index (χ1v) is 8.21. The molecule has 4 nitrogen and oxygen atoms in total. The van der Waals surface area contributed by atoms with Crippen molar-refractivity contribution in [1.82, 2.24) is 5.32 Å². The van der Waals surface area contributed by atoms with Gasteiger partial charge in [-0.1, -0.05) is 24.3 Å².